The molecule has 11 heteroatoms. The van der Waals surface area contributed by atoms with Crippen LogP contribution in [0.15, 0.2) is 65.8 Å². The second-order valence-corrected chi connectivity index (χ2v) is 8.03. The molecule has 1 atom stereocenters. The van der Waals surface area contributed by atoms with Gasteiger partial charge in [-0.05, 0) is 60.9 Å². The zero-order valence-corrected chi connectivity index (χ0v) is 19.1. The lowest BCUT2D eigenvalue weighted by Crippen LogP contribution is -2.27. The predicted octanol–water partition coefficient (Wildman–Crippen LogP) is 5.01. The Balaban J connectivity index is 1.44. The van der Waals surface area contributed by atoms with Crippen molar-refractivity contribution in [2.24, 2.45) is 5.10 Å². The van der Waals surface area contributed by atoms with Crippen LogP contribution in [0.4, 0.5) is 29.3 Å². The highest BCUT2D eigenvalue weighted by Gasteiger charge is 2.37. The summed E-state index contributed by atoms with van der Waals surface area (Å²) in [5.74, 6) is -0.990. The number of amides is 3. The fourth-order valence-corrected chi connectivity index (χ4v) is 3.83. The summed E-state index contributed by atoms with van der Waals surface area (Å²) < 4.78 is 41.0. The number of halogens is 3. The van der Waals surface area contributed by atoms with Crippen LogP contribution in [0.1, 0.15) is 38.8 Å². The fourth-order valence-electron chi connectivity index (χ4n) is 3.83. The number of fused-ring (bicyclic) bond motifs is 1. The summed E-state index contributed by atoms with van der Waals surface area (Å²) in [4.78, 5) is 26.2. The standard InChI is InChI=1S/C25H21F3N4O4/c1-14-4-3-5-15(2)21(14)30-24(35)31-29-13-16-6-11-19-20(12-16)23(34)32(22(19)33)17-7-9-18(10-8-17)36-25(26,27)28/h3-13,22,33H,1-2H3,(H2,30,31,35)/b29-13+. The zero-order chi connectivity index (χ0) is 26.0. The molecule has 1 aliphatic heterocycles. The van der Waals surface area contributed by atoms with Gasteiger partial charge in [-0.25, -0.2) is 10.2 Å². The van der Waals surface area contributed by atoms with Crippen LogP contribution in [-0.2, 0) is 0 Å². The van der Waals surface area contributed by atoms with Gasteiger partial charge in [0.2, 0.25) is 0 Å². The van der Waals surface area contributed by atoms with E-state index in [0.717, 1.165) is 28.2 Å². The number of hydrogen-bond donors (Lipinski definition) is 3. The van der Waals surface area contributed by atoms with E-state index in [-0.39, 0.29) is 11.3 Å². The largest absolute Gasteiger partial charge is 0.573 e. The van der Waals surface area contributed by atoms with E-state index >= 15 is 0 Å². The molecule has 186 valence electrons. The third-order valence-corrected chi connectivity index (χ3v) is 5.50. The van der Waals surface area contributed by atoms with Gasteiger partial charge in [-0.3, -0.25) is 9.69 Å². The second-order valence-electron chi connectivity index (χ2n) is 8.03. The topological polar surface area (TPSA) is 103 Å². The van der Waals surface area contributed by atoms with Gasteiger partial charge in [0.25, 0.3) is 5.91 Å². The van der Waals surface area contributed by atoms with Gasteiger partial charge in [-0.2, -0.15) is 5.10 Å². The maximum Gasteiger partial charge on any atom is 0.573 e. The number of hydrogen-bond acceptors (Lipinski definition) is 5. The Morgan fingerprint density at radius 2 is 1.75 bits per heavy atom. The molecule has 3 amide bonds. The van der Waals surface area contributed by atoms with E-state index < -0.39 is 30.3 Å². The SMILES string of the molecule is Cc1cccc(C)c1NC(=O)N/N=C/c1ccc2c(c1)C(=O)N(c1ccc(OC(F)(F)F)cc1)C2O. The summed E-state index contributed by atoms with van der Waals surface area (Å²) in [6, 6.07) is 14.3. The van der Waals surface area contributed by atoms with Gasteiger partial charge in [0.15, 0.2) is 6.23 Å². The number of alkyl halides is 3. The Labute approximate surface area is 204 Å². The summed E-state index contributed by atoms with van der Waals surface area (Å²) in [7, 11) is 0. The highest BCUT2D eigenvalue weighted by molar-refractivity contribution is 6.11. The summed E-state index contributed by atoms with van der Waals surface area (Å²) in [6.45, 7) is 3.74. The molecule has 0 saturated heterocycles. The molecule has 3 aromatic carbocycles. The number of carbonyl (C=O) groups excluding carboxylic acids is 2. The van der Waals surface area contributed by atoms with Gasteiger partial charge >= 0.3 is 12.4 Å². The van der Waals surface area contributed by atoms with Crippen molar-refractivity contribution < 1.29 is 32.6 Å². The quantitative estimate of drug-likeness (QED) is 0.340. The number of nitrogens with zero attached hydrogens (tertiary/aromatic N) is 2. The van der Waals surface area contributed by atoms with E-state index in [1.54, 1.807) is 6.07 Å². The van der Waals surface area contributed by atoms with Crippen molar-refractivity contribution in [2.45, 2.75) is 26.4 Å². The van der Waals surface area contributed by atoms with Crippen molar-refractivity contribution in [3.63, 3.8) is 0 Å². The number of anilines is 2. The molecule has 0 radical (unpaired) electrons. The van der Waals surface area contributed by atoms with Crippen LogP contribution in [0, 0.1) is 13.8 Å². The minimum atomic E-state index is -4.84. The normalized spacial score (nSPS) is 15.2. The molecule has 1 aliphatic rings. The molecule has 1 heterocycles. The molecule has 0 spiro atoms. The number of para-hydroxylation sites is 1. The molecule has 0 fully saturated rings. The molecule has 36 heavy (non-hydrogen) atoms. The Hall–Kier alpha value is -4.38. The Morgan fingerprint density at radius 3 is 2.39 bits per heavy atom. The molecule has 1 unspecified atom stereocenters. The smallest absolute Gasteiger partial charge is 0.406 e. The van der Waals surface area contributed by atoms with Gasteiger partial charge in [-0.15, -0.1) is 13.2 Å². The third kappa shape index (κ3) is 5.31. The second kappa shape index (κ2) is 9.70. The van der Waals surface area contributed by atoms with E-state index in [9.17, 15) is 27.9 Å². The number of carbonyl (C=O) groups is 2. The molecule has 0 aromatic heterocycles. The zero-order valence-electron chi connectivity index (χ0n) is 19.1. The summed E-state index contributed by atoms with van der Waals surface area (Å²) in [5, 5.41) is 17.3. The first-order valence-corrected chi connectivity index (χ1v) is 10.7. The summed E-state index contributed by atoms with van der Waals surface area (Å²) in [6.07, 6.45) is -4.82. The van der Waals surface area contributed by atoms with Gasteiger partial charge < -0.3 is 15.2 Å². The van der Waals surface area contributed by atoms with Gasteiger partial charge in [-0.1, -0.05) is 30.3 Å². The number of aliphatic hydroxyl groups is 1. The average Bonchev–Trinajstić information content (AvgIpc) is 3.05. The molecule has 3 aromatic rings. The van der Waals surface area contributed by atoms with Crippen molar-refractivity contribution in [1.29, 1.82) is 0 Å². The van der Waals surface area contributed by atoms with E-state index in [0.29, 0.717) is 16.8 Å². The molecule has 3 N–H and O–H groups in total. The van der Waals surface area contributed by atoms with Crippen molar-refractivity contribution >= 4 is 29.5 Å². The first-order valence-electron chi connectivity index (χ1n) is 10.7. The molecule has 0 bridgehead atoms. The molecule has 4 rings (SSSR count). The molecular weight excluding hydrogens is 477 g/mol. The Kier molecular flexibility index (Phi) is 6.67. The Bertz CT molecular complexity index is 1320. The number of ether oxygens (including phenoxy) is 1. The van der Waals surface area contributed by atoms with Gasteiger partial charge in [0.1, 0.15) is 5.75 Å². The highest BCUT2D eigenvalue weighted by atomic mass is 19.4. The van der Waals surface area contributed by atoms with E-state index in [2.05, 4.69) is 20.6 Å². The van der Waals surface area contributed by atoms with Crippen molar-refractivity contribution in [3.8, 4) is 5.75 Å². The monoisotopic (exact) mass is 498 g/mol. The number of nitrogens with one attached hydrogen (secondary N) is 2. The van der Waals surface area contributed by atoms with Crippen molar-refractivity contribution in [2.75, 3.05) is 10.2 Å². The van der Waals surface area contributed by atoms with E-state index in [4.69, 9.17) is 0 Å². The van der Waals surface area contributed by atoms with Crippen LogP contribution in [0.2, 0.25) is 0 Å². The lowest BCUT2D eigenvalue weighted by atomic mass is 10.1. The van der Waals surface area contributed by atoms with Crippen LogP contribution in [0.25, 0.3) is 0 Å². The minimum absolute atomic E-state index is 0.193. The van der Waals surface area contributed by atoms with Gasteiger partial charge in [0, 0.05) is 22.5 Å². The van der Waals surface area contributed by atoms with Crippen LogP contribution < -0.4 is 20.4 Å². The first-order chi connectivity index (χ1) is 17.0. The number of aryl methyl sites for hydroxylation is 2. The summed E-state index contributed by atoms with van der Waals surface area (Å²) >= 11 is 0. The fraction of sp³-hybridized carbons (Fsp3) is 0.160. The van der Waals surface area contributed by atoms with E-state index in [1.807, 2.05) is 32.0 Å². The number of rotatable bonds is 5. The first kappa shape index (κ1) is 24.7. The lowest BCUT2D eigenvalue weighted by Gasteiger charge is -2.21. The third-order valence-electron chi connectivity index (χ3n) is 5.50. The van der Waals surface area contributed by atoms with Crippen LogP contribution in [0.3, 0.4) is 0 Å². The summed E-state index contributed by atoms with van der Waals surface area (Å²) in [5.41, 5.74) is 6.04. The van der Waals surface area contributed by atoms with E-state index in [1.165, 1.54) is 30.5 Å². The van der Waals surface area contributed by atoms with Crippen molar-refractivity contribution in [1.82, 2.24) is 5.43 Å². The lowest BCUT2D eigenvalue weighted by molar-refractivity contribution is -0.274. The maximum absolute atomic E-state index is 13.0. The number of aliphatic hydroxyl groups excluding tert-OH is 1. The minimum Gasteiger partial charge on any atom is -0.406 e. The molecule has 0 aliphatic carbocycles. The number of urea groups is 1. The number of benzene rings is 3. The highest BCUT2D eigenvalue weighted by Crippen LogP contribution is 2.37. The molecule has 0 saturated carbocycles. The number of hydrazone groups is 1. The Morgan fingerprint density at radius 1 is 1.08 bits per heavy atom. The van der Waals surface area contributed by atoms with Crippen LogP contribution in [0.5, 0.6) is 5.75 Å². The predicted molar refractivity (Wildman–Crippen MR) is 127 cm³/mol. The van der Waals surface area contributed by atoms with Crippen molar-refractivity contribution in [3.05, 3.63) is 88.5 Å². The van der Waals surface area contributed by atoms with Gasteiger partial charge in [0.05, 0.1) is 6.21 Å². The van der Waals surface area contributed by atoms with Crippen LogP contribution >= 0.6 is 0 Å². The van der Waals surface area contributed by atoms with Crippen LogP contribution in [-0.4, -0.2) is 29.6 Å². The maximum atomic E-state index is 13.0. The average molecular weight is 498 g/mol. The molecular formula is C25H21F3N4O4. The molecule has 8 nitrogen and oxygen atoms in total.